The van der Waals surface area contributed by atoms with E-state index in [2.05, 4.69) is 10.6 Å². The van der Waals surface area contributed by atoms with Crippen LogP contribution in [0.5, 0.6) is 0 Å². The van der Waals surface area contributed by atoms with E-state index < -0.39 is 16.1 Å². The summed E-state index contributed by atoms with van der Waals surface area (Å²) >= 11 is 0. The zero-order valence-electron chi connectivity index (χ0n) is 18.5. The minimum absolute atomic E-state index is 0.297. The number of nitrogens with zero attached hydrogens (tertiary/aromatic N) is 2. The van der Waals surface area contributed by atoms with Crippen LogP contribution in [0.2, 0.25) is 0 Å². The van der Waals surface area contributed by atoms with Gasteiger partial charge in [-0.3, -0.25) is 0 Å². The third-order valence-electron chi connectivity index (χ3n) is 6.40. The van der Waals surface area contributed by atoms with Gasteiger partial charge in [0.2, 0.25) is 10.0 Å². The first-order valence-electron chi connectivity index (χ1n) is 10.8. The molecule has 4 aromatic rings. The van der Waals surface area contributed by atoms with E-state index in [4.69, 9.17) is 0 Å². The predicted octanol–water partition coefficient (Wildman–Crippen LogP) is 5.70. The van der Waals surface area contributed by atoms with E-state index in [1.54, 1.807) is 16.4 Å². The van der Waals surface area contributed by atoms with E-state index in [-0.39, 0.29) is 0 Å². The number of hydrogen-bond acceptors (Lipinski definition) is 2. The Hall–Kier alpha value is -3.15. The SMILES string of the molecule is Cc1ccc([C@H]2c3cccn3-c3ccccc3CN2S(=O)(=O)c2ccc(C)c(C)c2)cc1. The second kappa shape index (κ2) is 7.76. The van der Waals surface area contributed by atoms with Gasteiger partial charge in [0.05, 0.1) is 10.9 Å². The van der Waals surface area contributed by atoms with E-state index >= 15 is 0 Å². The molecule has 0 saturated carbocycles. The Kier molecular flexibility index (Phi) is 5.03. The molecule has 32 heavy (non-hydrogen) atoms. The molecule has 0 radical (unpaired) electrons. The summed E-state index contributed by atoms with van der Waals surface area (Å²) in [5.74, 6) is 0. The lowest BCUT2D eigenvalue weighted by Crippen LogP contribution is -2.34. The van der Waals surface area contributed by atoms with E-state index in [9.17, 15) is 8.42 Å². The molecule has 162 valence electrons. The van der Waals surface area contributed by atoms with Crippen molar-refractivity contribution in [1.82, 2.24) is 8.87 Å². The van der Waals surface area contributed by atoms with Crippen molar-refractivity contribution in [3.8, 4) is 5.69 Å². The Morgan fingerprint density at radius 3 is 2.31 bits per heavy atom. The fourth-order valence-corrected chi connectivity index (χ4v) is 6.09. The molecule has 1 aromatic heterocycles. The molecule has 4 nitrogen and oxygen atoms in total. The zero-order chi connectivity index (χ0) is 22.5. The first kappa shape index (κ1) is 20.7. The van der Waals surface area contributed by atoms with Crippen molar-refractivity contribution < 1.29 is 8.42 Å². The van der Waals surface area contributed by atoms with Crippen molar-refractivity contribution in [3.63, 3.8) is 0 Å². The third kappa shape index (κ3) is 3.38. The van der Waals surface area contributed by atoms with Crippen molar-refractivity contribution in [1.29, 1.82) is 0 Å². The van der Waals surface area contributed by atoms with Crippen molar-refractivity contribution in [2.45, 2.75) is 38.3 Å². The molecule has 1 atom stereocenters. The van der Waals surface area contributed by atoms with Crippen LogP contribution < -0.4 is 0 Å². The monoisotopic (exact) mass is 442 g/mol. The van der Waals surface area contributed by atoms with Gasteiger partial charge in [0.1, 0.15) is 0 Å². The maximum absolute atomic E-state index is 14.1. The van der Waals surface area contributed by atoms with Gasteiger partial charge in [-0.2, -0.15) is 4.31 Å². The van der Waals surface area contributed by atoms with Gasteiger partial charge in [-0.05, 0) is 73.4 Å². The molecule has 0 bridgehead atoms. The van der Waals surface area contributed by atoms with Crippen molar-refractivity contribution in [3.05, 3.63) is 119 Å². The van der Waals surface area contributed by atoms with Crippen LogP contribution in [0.25, 0.3) is 5.69 Å². The lowest BCUT2D eigenvalue weighted by atomic mass is 10.0. The quantitative estimate of drug-likeness (QED) is 0.409. The fraction of sp³-hybridized carbons (Fsp3) is 0.185. The maximum Gasteiger partial charge on any atom is 0.244 e. The van der Waals surface area contributed by atoms with Crippen molar-refractivity contribution >= 4 is 10.0 Å². The summed E-state index contributed by atoms with van der Waals surface area (Å²) in [5, 5.41) is 0. The highest BCUT2D eigenvalue weighted by molar-refractivity contribution is 7.89. The average molecular weight is 443 g/mol. The second-order valence-electron chi connectivity index (χ2n) is 8.54. The van der Waals surface area contributed by atoms with Gasteiger partial charge >= 0.3 is 0 Å². The van der Waals surface area contributed by atoms with E-state index in [0.29, 0.717) is 11.4 Å². The molecule has 5 heteroatoms. The molecule has 0 spiro atoms. The average Bonchev–Trinajstić information content (AvgIpc) is 3.20. The van der Waals surface area contributed by atoms with Gasteiger partial charge in [0, 0.05) is 24.1 Å². The summed E-state index contributed by atoms with van der Waals surface area (Å²) in [4.78, 5) is 0.329. The number of hydrogen-bond donors (Lipinski definition) is 0. The smallest absolute Gasteiger partial charge is 0.244 e. The van der Waals surface area contributed by atoms with Crippen LogP contribution in [0, 0.1) is 20.8 Å². The van der Waals surface area contributed by atoms with E-state index in [0.717, 1.165) is 39.2 Å². The zero-order valence-corrected chi connectivity index (χ0v) is 19.3. The normalized spacial score (nSPS) is 16.3. The number of para-hydroxylation sites is 1. The maximum atomic E-state index is 14.1. The molecule has 2 heterocycles. The van der Waals surface area contributed by atoms with E-state index in [1.807, 2.05) is 87.6 Å². The Balaban J connectivity index is 1.77. The fourth-order valence-electron chi connectivity index (χ4n) is 4.44. The third-order valence-corrected chi connectivity index (χ3v) is 8.21. The highest BCUT2D eigenvalue weighted by Gasteiger charge is 2.38. The lowest BCUT2D eigenvalue weighted by Gasteiger charge is -2.30. The van der Waals surface area contributed by atoms with E-state index in [1.165, 1.54) is 0 Å². The molecule has 1 aliphatic heterocycles. The number of aromatic nitrogens is 1. The number of aryl methyl sites for hydroxylation is 3. The predicted molar refractivity (Wildman–Crippen MR) is 127 cm³/mol. The largest absolute Gasteiger partial charge is 0.319 e. The Morgan fingerprint density at radius 1 is 0.812 bits per heavy atom. The minimum Gasteiger partial charge on any atom is -0.319 e. The van der Waals surface area contributed by atoms with Gasteiger partial charge in [-0.15, -0.1) is 0 Å². The molecule has 1 aliphatic rings. The number of rotatable bonds is 3. The standard InChI is InChI=1S/C27H26N2O2S/c1-19-10-13-22(14-11-19)27-26-9-6-16-28(26)25-8-5-4-7-23(25)18-29(27)32(30,31)24-15-12-20(2)21(3)17-24/h4-17,27H,18H2,1-3H3/t27-/m0/s1. The number of sulfonamides is 1. The topological polar surface area (TPSA) is 42.3 Å². The molecule has 0 unspecified atom stereocenters. The highest BCUT2D eigenvalue weighted by Crippen LogP contribution is 2.40. The molecule has 0 N–H and O–H groups in total. The number of fused-ring (bicyclic) bond motifs is 3. The summed E-state index contributed by atoms with van der Waals surface area (Å²) in [7, 11) is -3.78. The highest BCUT2D eigenvalue weighted by atomic mass is 32.2. The summed E-state index contributed by atoms with van der Waals surface area (Å²) in [5.41, 5.74) is 7.08. The van der Waals surface area contributed by atoms with Crippen LogP contribution in [-0.4, -0.2) is 17.3 Å². The van der Waals surface area contributed by atoms with Crippen LogP contribution in [-0.2, 0) is 16.6 Å². The first-order valence-corrected chi connectivity index (χ1v) is 12.2. The van der Waals surface area contributed by atoms with Gasteiger partial charge in [0.25, 0.3) is 0 Å². The Morgan fingerprint density at radius 2 is 1.56 bits per heavy atom. The molecule has 0 aliphatic carbocycles. The first-order chi connectivity index (χ1) is 15.4. The summed E-state index contributed by atoms with van der Waals surface area (Å²) in [6.45, 7) is 6.29. The van der Waals surface area contributed by atoms with Crippen molar-refractivity contribution in [2.24, 2.45) is 0 Å². The molecule has 0 amide bonds. The minimum atomic E-state index is -3.78. The Labute approximate surface area is 189 Å². The van der Waals surface area contributed by atoms with Gasteiger partial charge in [-0.25, -0.2) is 8.42 Å². The summed E-state index contributed by atoms with van der Waals surface area (Å²) < 4.78 is 32.0. The lowest BCUT2D eigenvalue weighted by molar-refractivity contribution is 0.353. The van der Waals surface area contributed by atoms with Crippen LogP contribution in [0.4, 0.5) is 0 Å². The van der Waals surface area contributed by atoms with Crippen molar-refractivity contribution in [2.75, 3.05) is 0 Å². The molecule has 5 rings (SSSR count). The molecular formula is C27H26N2O2S. The van der Waals surface area contributed by atoms with Crippen LogP contribution in [0.15, 0.2) is 90.0 Å². The molecule has 0 saturated heterocycles. The second-order valence-corrected chi connectivity index (χ2v) is 10.4. The summed E-state index contributed by atoms with van der Waals surface area (Å²) in [6.07, 6.45) is 2.02. The Bertz CT molecular complexity index is 1400. The molecule has 3 aromatic carbocycles. The number of benzene rings is 3. The molecular weight excluding hydrogens is 416 g/mol. The van der Waals surface area contributed by atoms with Crippen LogP contribution in [0.1, 0.15) is 39.6 Å². The molecule has 0 fully saturated rings. The van der Waals surface area contributed by atoms with Gasteiger partial charge < -0.3 is 4.57 Å². The van der Waals surface area contributed by atoms with Gasteiger partial charge in [-0.1, -0.05) is 54.1 Å². The van der Waals surface area contributed by atoms with Gasteiger partial charge in [0.15, 0.2) is 0 Å². The van der Waals surface area contributed by atoms with Crippen LogP contribution in [0.3, 0.4) is 0 Å². The summed E-state index contributed by atoms with van der Waals surface area (Å²) in [6, 6.07) is 25.2. The van der Waals surface area contributed by atoms with Crippen LogP contribution >= 0.6 is 0 Å².